The van der Waals surface area contributed by atoms with Crippen LogP contribution < -0.4 is 10.2 Å². The molecule has 29 heavy (non-hydrogen) atoms. The molecule has 148 valence electrons. The Kier molecular flexibility index (Phi) is 5.57. The largest absolute Gasteiger partial charge is 0.352 e. The van der Waals surface area contributed by atoms with Crippen LogP contribution in [0.15, 0.2) is 54.7 Å². The molecule has 0 bridgehead atoms. The lowest BCUT2D eigenvalue weighted by molar-refractivity contribution is 0.0746. The Morgan fingerprint density at radius 3 is 2.52 bits per heavy atom. The van der Waals surface area contributed by atoms with Crippen LogP contribution in [0.2, 0.25) is 5.02 Å². The van der Waals surface area contributed by atoms with Crippen LogP contribution in [-0.4, -0.2) is 52.2 Å². The van der Waals surface area contributed by atoms with Crippen molar-refractivity contribution >= 4 is 35.0 Å². The monoisotopic (exact) mass is 408 g/mol. The minimum absolute atomic E-state index is 0.00318. The normalized spacial score (nSPS) is 14.0. The van der Waals surface area contributed by atoms with Gasteiger partial charge < -0.3 is 15.1 Å². The van der Waals surface area contributed by atoms with Gasteiger partial charge in [-0.25, -0.2) is 4.98 Å². The van der Waals surface area contributed by atoms with Crippen LogP contribution in [0, 0.1) is 6.92 Å². The molecule has 0 radical (unpaired) electrons. The minimum Gasteiger partial charge on any atom is -0.352 e. The number of carbonyl (C=O) groups is 1. The van der Waals surface area contributed by atoms with Crippen molar-refractivity contribution in [3.63, 3.8) is 0 Å². The Morgan fingerprint density at radius 2 is 1.83 bits per heavy atom. The average molecular weight is 409 g/mol. The second kappa shape index (κ2) is 8.45. The molecular formula is C21H21ClN6O. The third kappa shape index (κ3) is 4.63. The molecule has 1 N–H and O–H groups in total. The van der Waals surface area contributed by atoms with Gasteiger partial charge in [-0.2, -0.15) is 0 Å². The maximum atomic E-state index is 12.6. The molecule has 2 aromatic heterocycles. The highest BCUT2D eigenvalue weighted by Crippen LogP contribution is 2.18. The van der Waals surface area contributed by atoms with E-state index >= 15 is 0 Å². The summed E-state index contributed by atoms with van der Waals surface area (Å²) in [6.45, 7) is 4.67. The highest BCUT2D eigenvalue weighted by atomic mass is 35.5. The zero-order valence-corrected chi connectivity index (χ0v) is 16.8. The van der Waals surface area contributed by atoms with E-state index in [1.165, 1.54) is 0 Å². The molecule has 8 heteroatoms. The number of halogens is 1. The quantitative estimate of drug-likeness (QED) is 0.711. The number of rotatable bonds is 4. The number of hydrogen-bond acceptors (Lipinski definition) is 6. The van der Waals surface area contributed by atoms with E-state index in [0.717, 1.165) is 17.2 Å². The number of nitrogens with zero attached hydrogens (tertiary/aromatic N) is 5. The minimum atomic E-state index is 0.00318. The van der Waals surface area contributed by atoms with Gasteiger partial charge in [-0.3, -0.25) is 4.79 Å². The van der Waals surface area contributed by atoms with Gasteiger partial charge >= 0.3 is 0 Å². The van der Waals surface area contributed by atoms with Crippen molar-refractivity contribution in [3.8, 4) is 0 Å². The second-order valence-corrected chi connectivity index (χ2v) is 7.35. The first-order valence-electron chi connectivity index (χ1n) is 9.42. The number of benzene rings is 1. The summed E-state index contributed by atoms with van der Waals surface area (Å²) in [5, 5.41) is 12.3. The Labute approximate surface area is 174 Å². The van der Waals surface area contributed by atoms with Crippen LogP contribution in [0.1, 0.15) is 15.9 Å². The van der Waals surface area contributed by atoms with E-state index in [0.29, 0.717) is 42.6 Å². The maximum absolute atomic E-state index is 12.6. The van der Waals surface area contributed by atoms with Gasteiger partial charge in [0, 0.05) is 43.0 Å². The zero-order chi connectivity index (χ0) is 20.2. The van der Waals surface area contributed by atoms with Gasteiger partial charge in [0.2, 0.25) is 0 Å². The van der Waals surface area contributed by atoms with Crippen LogP contribution >= 0.6 is 11.6 Å². The molecule has 7 nitrogen and oxygen atoms in total. The zero-order valence-electron chi connectivity index (χ0n) is 16.0. The standard InChI is InChI=1S/C21H21ClN6O/c1-15-7-8-23-19(13-15)24-18-5-6-20(26-25-18)27-9-11-28(12-10-27)21(29)16-3-2-4-17(22)14-16/h2-8,13-14H,9-12H2,1H3,(H,23,24,25). The fraction of sp³-hybridized carbons (Fsp3) is 0.238. The fourth-order valence-electron chi connectivity index (χ4n) is 3.24. The molecule has 0 aliphatic carbocycles. The first kappa shape index (κ1) is 19.1. The van der Waals surface area contributed by atoms with Gasteiger partial charge in [0.05, 0.1) is 0 Å². The Morgan fingerprint density at radius 1 is 1.00 bits per heavy atom. The number of amides is 1. The maximum Gasteiger partial charge on any atom is 0.254 e. The predicted molar refractivity (Wildman–Crippen MR) is 114 cm³/mol. The van der Waals surface area contributed by atoms with Gasteiger partial charge in [-0.15, -0.1) is 10.2 Å². The molecule has 0 saturated carbocycles. The van der Waals surface area contributed by atoms with Crippen molar-refractivity contribution in [2.45, 2.75) is 6.92 Å². The van der Waals surface area contributed by atoms with Crippen LogP contribution in [0.3, 0.4) is 0 Å². The Bertz CT molecular complexity index is 1000. The molecule has 3 heterocycles. The number of piperazine rings is 1. The van der Waals surface area contributed by atoms with E-state index in [-0.39, 0.29) is 5.91 Å². The van der Waals surface area contributed by atoms with Crippen molar-refractivity contribution in [1.29, 1.82) is 0 Å². The van der Waals surface area contributed by atoms with Crippen molar-refractivity contribution in [2.24, 2.45) is 0 Å². The van der Waals surface area contributed by atoms with Crippen molar-refractivity contribution in [1.82, 2.24) is 20.1 Å². The van der Waals surface area contributed by atoms with E-state index in [2.05, 4.69) is 25.4 Å². The highest BCUT2D eigenvalue weighted by molar-refractivity contribution is 6.30. The summed E-state index contributed by atoms with van der Waals surface area (Å²) < 4.78 is 0. The summed E-state index contributed by atoms with van der Waals surface area (Å²) in [6.07, 6.45) is 1.75. The lowest BCUT2D eigenvalue weighted by Gasteiger charge is -2.35. The second-order valence-electron chi connectivity index (χ2n) is 6.91. The van der Waals surface area contributed by atoms with Crippen LogP contribution in [-0.2, 0) is 0 Å². The summed E-state index contributed by atoms with van der Waals surface area (Å²) in [5.74, 6) is 2.17. The fourth-order valence-corrected chi connectivity index (χ4v) is 3.43. The number of anilines is 3. The van der Waals surface area contributed by atoms with Gasteiger partial charge in [0.1, 0.15) is 5.82 Å². The summed E-state index contributed by atoms with van der Waals surface area (Å²) in [5.41, 5.74) is 1.74. The molecular weight excluding hydrogens is 388 g/mol. The summed E-state index contributed by atoms with van der Waals surface area (Å²) in [4.78, 5) is 20.9. The van der Waals surface area contributed by atoms with E-state index in [1.807, 2.05) is 36.1 Å². The van der Waals surface area contributed by atoms with Crippen molar-refractivity contribution in [3.05, 3.63) is 70.9 Å². The number of aryl methyl sites for hydroxylation is 1. The lowest BCUT2D eigenvalue weighted by Crippen LogP contribution is -2.49. The molecule has 1 fully saturated rings. The SMILES string of the molecule is Cc1ccnc(Nc2ccc(N3CCN(C(=O)c4cccc(Cl)c4)CC3)nn2)c1. The van der Waals surface area contributed by atoms with E-state index in [4.69, 9.17) is 11.6 Å². The number of nitrogens with one attached hydrogen (secondary N) is 1. The summed E-state index contributed by atoms with van der Waals surface area (Å²) >= 11 is 6.00. The van der Waals surface area contributed by atoms with Gasteiger partial charge in [0.15, 0.2) is 11.6 Å². The molecule has 1 aliphatic rings. The van der Waals surface area contributed by atoms with E-state index in [9.17, 15) is 4.79 Å². The molecule has 1 saturated heterocycles. The topological polar surface area (TPSA) is 74.2 Å². The van der Waals surface area contributed by atoms with Crippen molar-refractivity contribution < 1.29 is 4.79 Å². The van der Waals surface area contributed by atoms with Crippen LogP contribution in [0.4, 0.5) is 17.5 Å². The predicted octanol–water partition coefficient (Wildman–Crippen LogP) is 3.54. The molecule has 1 amide bonds. The van der Waals surface area contributed by atoms with Gasteiger partial charge in [-0.1, -0.05) is 17.7 Å². The smallest absolute Gasteiger partial charge is 0.254 e. The molecule has 0 atom stereocenters. The number of hydrogen-bond donors (Lipinski definition) is 1. The number of pyridine rings is 1. The van der Waals surface area contributed by atoms with Gasteiger partial charge in [0.25, 0.3) is 5.91 Å². The molecule has 1 aromatic carbocycles. The van der Waals surface area contributed by atoms with Crippen molar-refractivity contribution in [2.75, 3.05) is 36.4 Å². The molecule has 1 aliphatic heterocycles. The molecule has 4 rings (SSSR count). The molecule has 3 aromatic rings. The lowest BCUT2D eigenvalue weighted by atomic mass is 10.2. The summed E-state index contributed by atoms with van der Waals surface area (Å²) in [7, 11) is 0. The summed E-state index contributed by atoms with van der Waals surface area (Å²) in [6, 6.07) is 14.8. The van der Waals surface area contributed by atoms with E-state index in [1.54, 1.807) is 30.5 Å². The van der Waals surface area contributed by atoms with Crippen LogP contribution in [0.25, 0.3) is 0 Å². The first-order valence-corrected chi connectivity index (χ1v) is 9.79. The number of carbonyl (C=O) groups excluding carboxylic acids is 1. The first-order chi connectivity index (χ1) is 14.1. The highest BCUT2D eigenvalue weighted by Gasteiger charge is 2.23. The Hall–Kier alpha value is -3.19. The van der Waals surface area contributed by atoms with Gasteiger partial charge in [-0.05, 0) is 55.0 Å². The number of aromatic nitrogens is 3. The molecule has 0 spiro atoms. The third-order valence-corrected chi connectivity index (χ3v) is 5.02. The average Bonchev–Trinajstić information content (AvgIpc) is 2.74. The third-order valence-electron chi connectivity index (χ3n) is 4.78. The van der Waals surface area contributed by atoms with E-state index < -0.39 is 0 Å². The molecule has 0 unspecified atom stereocenters. The van der Waals surface area contributed by atoms with Crippen LogP contribution in [0.5, 0.6) is 0 Å². The Balaban J connectivity index is 1.35.